The molecule has 2 atom stereocenters. The SMILES string of the molecule is Cl.N[C@@H]1CCc2ccc3c(c21)[C@H](N)CC3. The van der Waals surface area contributed by atoms with Gasteiger partial charge in [0.15, 0.2) is 0 Å². The molecule has 82 valence electrons. The zero-order valence-corrected chi connectivity index (χ0v) is 9.52. The Morgan fingerprint density at radius 2 is 1.27 bits per heavy atom. The van der Waals surface area contributed by atoms with Crippen LogP contribution in [0.2, 0.25) is 0 Å². The third-order valence-electron chi connectivity index (χ3n) is 3.66. The molecule has 3 rings (SSSR count). The van der Waals surface area contributed by atoms with Gasteiger partial charge in [0.2, 0.25) is 0 Å². The summed E-state index contributed by atoms with van der Waals surface area (Å²) in [4.78, 5) is 0. The maximum Gasteiger partial charge on any atom is 0.0304 e. The fourth-order valence-electron chi connectivity index (χ4n) is 2.95. The Morgan fingerprint density at radius 1 is 0.867 bits per heavy atom. The Hall–Kier alpha value is -0.570. The third-order valence-corrected chi connectivity index (χ3v) is 3.66. The Kier molecular flexibility index (Phi) is 2.75. The van der Waals surface area contributed by atoms with E-state index in [0.29, 0.717) is 0 Å². The van der Waals surface area contributed by atoms with Crippen LogP contribution in [0.5, 0.6) is 0 Å². The molecule has 3 heteroatoms. The summed E-state index contributed by atoms with van der Waals surface area (Å²) in [5.74, 6) is 0. The van der Waals surface area contributed by atoms with Crippen LogP contribution in [-0.2, 0) is 12.8 Å². The maximum absolute atomic E-state index is 6.13. The van der Waals surface area contributed by atoms with E-state index in [0.717, 1.165) is 25.7 Å². The van der Waals surface area contributed by atoms with Crippen LogP contribution >= 0.6 is 12.4 Å². The van der Waals surface area contributed by atoms with Gasteiger partial charge in [0.05, 0.1) is 0 Å². The molecule has 2 aliphatic carbocycles. The Labute approximate surface area is 96.4 Å². The van der Waals surface area contributed by atoms with Gasteiger partial charge in [-0.25, -0.2) is 0 Å². The van der Waals surface area contributed by atoms with Crippen molar-refractivity contribution in [2.75, 3.05) is 0 Å². The lowest BCUT2D eigenvalue weighted by Gasteiger charge is -2.14. The fourth-order valence-corrected chi connectivity index (χ4v) is 2.95. The smallest absolute Gasteiger partial charge is 0.0304 e. The summed E-state index contributed by atoms with van der Waals surface area (Å²) < 4.78 is 0. The molecule has 15 heavy (non-hydrogen) atoms. The van der Waals surface area contributed by atoms with Gasteiger partial charge in [-0.3, -0.25) is 0 Å². The number of nitrogens with two attached hydrogens (primary N) is 2. The van der Waals surface area contributed by atoms with Crippen molar-refractivity contribution >= 4 is 12.4 Å². The molecule has 2 aliphatic rings. The molecule has 0 unspecified atom stereocenters. The number of rotatable bonds is 0. The first-order valence-corrected chi connectivity index (χ1v) is 5.43. The number of hydrogen-bond donors (Lipinski definition) is 2. The minimum Gasteiger partial charge on any atom is -0.324 e. The van der Waals surface area contributed by atoms with E-state index in [9.17, 15) is 0 Å². The van der Waals surface area contributed by atoms with Gasteiger partial charge in [-0.1, -0.05) is 12.1 Å². The molecule has 4 N–H and O–H groups in total. The molecule has 0 amide bonds. The first-order chi connectivity index (χ1) is 6.77. The highest BCUT2D eigenvalue weighted by Gasteiger charge is 2.29. The van der Waals surface area contributed by atoms with E-state index in [1.807, 2.05) is 0 Å². The van der Waals surface area contributed by atoms with Gasteiger partial charge in [-0.05, 0) is 47.9 Å². The highest BCUT2D eigenvalue weighted by molar-refractivity contribution is 5.85. The molecular weight excluding hydrogens is 208 g/mol. The summed E-state index contributed by atoms with van der Waals surface area (Å²) >= 11 is 0. The predicted molar refractivity (Wildman–Crippen MR) is 64.2 cm³/mol. The minimum absolute atomic E-state index is 0. The lowest BCUT2D eigenvalue weighted by atomic mass is 9.96. The minimum atomic E-state index is 0. The van der Waals surface area contributed by atoms with Crippen molar-refractivity contribution in [3.05, 3.63) is 34.4 Å². The number of hydrogen-bond acceptors (Lipinski definition) is 2. The molecule has 0 fully saturated rings. The van der Waals surface area contributed by atoms with Crippen molar-refractivity contribution in [2.24, 2.45) is 11.5 Å². The number of aryl methyl sites for hydroxylation is 2. The molecule has 0 heterocycles. The first kappa shape index (κ1) is 10.9. The van der Waals surface area contributed by atoms with Gasteiger partial charge in [0, 0.05) is 12.1 Å². The van der Waals surface area contributed by atoms with E-state index in [1.165, 1.54) is 22.3 Å². The molecule has 0 bridgehead atoms. The summed E-state index contributed by atoms with van der Waals surface area (Å²) in [6.07, 6.45) is 4.46. The molecule has 0 aromatic heterocycles. The van der Waals surface area contributed by atoms with Crippen molar-refractivity contribution in [1.82, 2.24) is 0 Å². The summed E-state index contributed by atoms with van der Waals surface area (Å²) in [5, 5.41) is 0. The zero-order chi connectivity index (χ0) is 9.71. The van der Waals surface area contributed by atoms with Crippen molar-refractivity contribution < 1.29 is 0 Å². The second-order valence-electron chi connectivity index (χ2n) is 4.50. The summed E-state index contributed by atoms with van der Waals surface area (Å²) in [7, 11) is 0. The van der Waals surface area contributed by atoms with Crippen LogP contribution in [0.25, 0.3) is 0 Å². The van der Waals surface area contributed by atoms with Crippen molar-refractivity contribution in [2.45, 2.75) is 37.8 Å². The van der Waals surface area contributed by atoms with Crippen LogP contribution in [0.15, 0.2) is 12.1 Å². The molecule has 0 spiro atoms. The quantitative estimate of drug-likeness (QED) is 0.708. The number of fused-ring (bicyclic) bond motifs is 3. The molecule has 1 aromatic carbocycles. The Bertz CT molecular complexity index is 352. The highest BCUT2D eigenvalue weighted by atomic mass is 35.5. The fraction of sp³-hybridized carbons (Fsp3) is 0.500. The van der Waals surface area contributed by atoms with Gasteiger partial charge >= 0.3 is 0 Å². The van der Waals surface area contributed by atoms with Crippen molar-refractivity contribution in [3.63, 3.8) is 0 Å². The van der Waals surface area contributed by atoms with Gasteiger partial charge in [-0.15, -0.1) is 12.4 Å². The molecular formula is C12H17ClN2. The van der Waals surface area contributed by atoms with Crippen LogP contribution in [0, 0.1) is 0 Å². The van der Waals surface area contributed by atoms with Gasteiger partial charge < -0.3 is 11.5 Å². The van der Waals surface area contributed by atoms with Crippen molar-refractivity contribution in [3.8, 4) is 0 Å². The lowest BCUT2D eigenvalue weighted by molar-refractivity contribution is 0.675. The highest BCUT2D eigenvalue weighted by Crippen LogP contribution is 2.40. The average Bonchev–Trinajstić information content (AvgIpc) is 2.72. The normalized spacial score (nSPS) is 27.1. The first-order valence-electron chi connectivity index (χ1n) is 5.43. The van der Waals surface area contributed by atoms with Crippen LogP contribution in [-0.4, -0.2) is 0 Å². The van der Waals surface area contributed by atoms with Crippen LogP contribution < -0.4 is 11.5 Å². The molecule has 0 aliphatic heterocycles. The third kappa shape index (κ3) is 1.48. The second-order valence-corrected chi connectivity index (χ2v) is 4.50. The second kappa shape index (κ2) is 3.78. The van der Waals surface area contributed by atoms with E-state index in [-0.39, 0.29) is 24.5 Å². The molecule has 0 saturated heterocycles. The summed E-state index contributed by atoms with van der Waals surface area (Å²) in [6, 6.07) is 4.98. The van der Waals surface area contributed by atoms with E-state index in [1.54, 1.807) is 0 Å². The van der Waals surface area contributed by atoms with E-state index >= 15 is 0 Å². The molecule has 1 aromatic rings. The summed E-state index contributed by atoms with van der Waals surface area (Å²) in [6.45, 7) is 0. The standard InChI is InChI=1S/C12H16N2.ClH/c13-9-5-3-7-1-2-8-4-6-10(14)12(8)11(7)9;/h1-2,9-10H,3-6,13-14H2;1H/t9-,10-;/m1./s1. The monoisotopic (exact) mass is 224 g/mol. The van der Waals surface area contributed by atoms with Crippen LogP contribution in [0.4, 0.5) is 0 Å². The van der Waals surface area contributed by atoms with E-state index in [2.05, 4.69) is 12.1 Å². The van der Waals surface area contributed by atoms with Gasteiger partial charge in [0.1, 0.15) is 0 Å². The van der Waals surface area contributed by atoms with E-state index < -0.39 is 0 Å². The predicted octanol–water partition coefficient (Wildman–Crippen LogP) is 2.00. The van der Waals surface area contributed by atoms with Crippen LogP contribution in [0.1, 0.15) is 47.2 Å². The van der Waals surface area contributed by atoms with E-state index in [4.69, 9.17) is 11.5 Å². The van der Waals surface area contributed by atoms with Crippen LogP contribution in [0.3, 0.4) is 0 Å². The van der Waals surface area contributed by atoms with Gasteiger partial charge in [0.25, 0.3) is 0 Å². The Balaban J connectivity index is 0.000000853. The zero-order valence-electron chi connectivity index (χ0n) is 8.70. The van der Waals surface area contributed by atoms with Crippen molar-refractivity contribution in [1.29, 1.82) is 0 Å². The van der Waals surface area contributed by atoms with Gasteiger partial charge in [-0.2, -0.15) is 0 Å². The average molecular weight is 225 g/mol. The Morgan fingerprint density at radius 3 is 1.67 bits per heavy atom. The molecule has 0 saturated carbocycles. The molecule has 2 nitrogen and oxygen atoms in total. The summed E-state index contributed by atoms with van der Waals surface area (Å²) in [5.41, 5.74) is 17.9. The lowest BCUT2D eigenvalue weighted by Crippen LogP contribution is -2.13. The number of benzene rings is 1. The molecule has 0 radical (unpaired) electrons. The maximum atomic E-state index is 6.13. The topological polar surface area (TPSA) is 52.0 Å². The number of halogens is 1. The largest absolute Gasteiger partial charge is 0.324 e.